The second kappa shape index (κ2) is 12.8. The smallest absolute Gasteiger partial charge is 0.305 e. The Kier molecular flexibility index (Phi) is 11.3. The van der Waals surface area contributed by atoms with Gasteiger partial charge in [-0.05, 0) is 54.6 Å². The topological polar surface area (TPSA) is 74.2 Å². The third kappa shape index (κ3) is 9.30. The van der Waals surface area contributed by atoms with Crippen molar-refractivity contribution < 1.29 is 28.5 Å². The molecule has 2 fully saturated rings. The molecular weight excluding hydrogens is 484 g/mol. The van der Waals surface area contributed by atoms with Crippen LogP contribution in [0.1, 0.15) is 107 Å². The lowest BCUT2D eigenvalue weighted by molar-refractivity contribution is -0.342. The first-order valence-electron chi connectivity index (χ1n) is 14.7. The van der Waals surface area contributed by atoms with Gasteiger partial charge in [-0.3, -0.25) is 4.79 Å². The van der Waals surface area contributed by atoms with Crippen molar-refractivity contribution in [1.82, 2.24) is 0 Å². The fourth-order valence-corrected chi connectivity index (χ4v) is 7.10. The third-order valence-electron chi connectivity index (χ3n) is 9.00. The predicted octanol–water partition coefficient (Wildman–Crippen LogP) is 7.66. The molecule has 0 aromatic heterocycles. The van der Waals surface area contributed by atoms with Gasteiger partial charge in [0.1, 0.15) is 0 Å². The summed E-state index contributed by atoms with van der Waals surface area (Å²) in [5, 5.41) is 9.53. The summed E-state index contributed by atoms with van der Waals surface area (Å²) >= 11 is 0. The van der Waals surface area contributed by atoms with Gasteiger partial charge < -0.3 is 23.7 Å². The minimum Gasteiger partial charge on any atom is -0.481 e. The Hall–Kier alpha value is -0.473. The average Bonchev–Trinajstić information content (AvgIpc) is 2.70. The third-order valence-corrected chi connectivity index (χ3v) is 13.5. The molecule has 2 aliphatic rings. The standard InChI is InChI=1S/C30H58O6Si/c1-21(2)25-13-12-22(3)20-30(25)34-17-15-23(35-30)18-26(28(4,5)6)33-16-14-24(19-27(31)32)36-37(10,11)29(7,8)9/h21-26H,12-20H2,1-11H3,(H,31,32). The molecule has 1 spiro atoms. The molecule has 0 aromatic rings. The normalized spacial score (nSPS) is 29.5. The van der Waals surface area contributed by atoms with Gasteiger partial charge in [-0.2, -0.15) is 0 Å². The van der Waals surface area contributed by atoms with E-state index in [9.17, 15) is 9.90 Å². The van der Waals surface area contributed by atoms with Crippen LogP contribution in [-0.4, -0.2) is 56.7 Å². The van der Waals surface area contributed by atoms with Gasteiger partial charge in [0.25, 0.3) is 0 Å². The Labute approximate surface area is 228 Å². The summed E-state index contributed by atoms with van der Waals surface area (Å²) in [5.74, 6) is 0.257. The van der Waals surface area contributed by atoms with Crippen LogP contribution in [0.2, 0.25) is 18.1 Å². The second-order valence-electron chi connectivity index (χ2n) is 14.8. The van der Waals surface area contributed by atoms with E-state index in [1.54, 1.807) is 0 Å². The zero-order chi connectivity index (χ0) is 28.2. The number of carboxylic acids is 1. The molecular formula is C30H58O6Si. The maximum absolute atomic E-state index is 11.6. The van der Waals surface area contributed by atoms with E-state index in [1.807, 2.05) is 0 Å². The van der Waals surface area contributed by atoms with Gasteiger partial charge in [0, 0.05) is 25.4 Å². The quantitative estimate of drug-likeness (QED) is 0.270. The summed E-state index contributed by atoms with van der Waals surface area (Å²) in [5.41, 5.74) is -0.0608. The monoisotopic (exact) mass is 542 g/mol. The number of carbonyl (C=O) groups is 1. The van der Waals surface area contributed by atoms with Crippen molar-refractivity contribution >= 4 is 14.3 Å². The van der Waals surface area contributed by atoms with E-state index in [-0.39, 0.29) is 35.2 Å². The molecule has 0 radical (unpaired) electrons. The molecule has 6 atom stereocenters. The van der Waals surface area contributed by atoms with Gasteiger partial charge in [0.2, 0.25) is 0 Å². The molecule has 1 saturated carbocycles. The van der Waals surface area contributed by atoms with Crippen molar-refractivity contribution in [3.05, 3.63) is 0 Å². The van der Waals surface area contributed by atoms with E-state index in [1.165, 1.54) is 6.42 Å². The molecule has 0 bridgehead atoms. The molecule has 37 heavy (non-hydrogen) atoms. The Morgan fingerprint density at radius 2 is 1.76 bits per heavy atom. The Balaban J connectivity index is 2.06. The Bertz CT molecular complexity index is 725. The highest BCUT2D eigenvalue weighted by Crippen LogP contribution is 2.47. The molecule has 1 heterocycles. The summed E-state index contributed by atoms with van der Waals surface area (Å²) in [7, 11) is -2.08. The van der Waals surface area contributed by atoms with E-state index in [2.05, 4.69) is 75.4 Å². The van der Waals surface area contributed by atoms with E-state index in [0.29, 0.717) is 30.8 Å². The van der Waals surface area contributed by atoms with Gasteiger partial charge in [-0.1, -0.05) is 68.7 Å². The molecule has 1 aliphatic carbocycles. The zero-order valence-electron chi connectivity index (χ0n) is 25.8. The number of carboxylic acid groups (broad SMARTS) is 1. The van der Waals surface area contributed by atoms with Crippen LogP contribution >= 0.6 is 0 Å². The average molecular weight is 543 g/mol. The van der Waals surface area contributed by atoms with Gasteiger partial charge >= 0.3 is 5.97 Å². The fourth-order valence-electron chi connectivity index (χ4n) is 5.71. The minimum atomic E-state index is -2.08. The molecule has 7 heteroatoms. The van der Waals surface area contributed by atoms with Gasteiger partial charge in [0.15, 0.2) is 14.1 Å². The number of hydrogen-bond acceptors (Lipinski definition) is 5. The van der Waals surface area contributed by atoms with Gasteiger partial charge in [0.05, 0.1) is 31.3 Å². The van der Waals surface area contributed by atoms with Gasteiger partial charge in [-0.25, -0.2) is 0 Å². The highest BCUT2D eigenvalue weighted by Gasteiger charge is 2.50. The summed E-state index contributed by atoms with van der Waals surface area (Å²) < 4.78 is 26.3. The maximum Gasteiger partial charge on any atom is 0.305 e. The highest BCUT2D eigenvalue weighted by molar-refractivity contribution is 6.74. The first-order valence-corrected chi connectivity index (χ1v) is 17.6. The lowest BCUT2D eigenvalue weighted by atomic mass is 9.72. The molecule has 0 aromatic carbocycles. The molecule has 6 unspecified atom stereocenters. The van der Waals surface area contributed by atoms with Crippen LogP contribution in [0.5, 0.6) is 0 Å². The number of ether oxygens (including phenoxy) is 3. The predicted molar refractivity (Wildman–Crippen MR) is 152 cm³/mol. The molecule has 2 rings (SSSR count). The van der Waals surface area contributed by atoms with Crippen molar-refractivity contribution in [3.63, 3.8) is 0 Å². The van der Waals surface area contributed by atoms with Crippen LogP contribution < -0.4 is 0 Å². The molecule has 0 amide bonds. The van der Waals surface area contributed by atoms with Crippen molar-refractivity contribution in [2.45, 2.75) is 149 Å². The van der Waals surface area contributed by atoms with Crippen LogP contribution in [0, 0.1) is 23.2 Å². The number of rotatable bonds is 11. The fraction of sp³-hybridized carbons (Fsp3) is 0.967. The van der Waals surface area contributed by atoms with Crippen molar-refractivity contribution in [2.75, 3.05) is 13.2 Å². The zero-order valence-corrected chi connectivity index (χ0v) is 26.8. The molecule has 6 nitrogen and oxygen atoms in total. The Morgan fingerprint density at radius 1 is 1.11 bits per heavy atom. The van der Waals surface area contributed by atoms with E-state index in [0.717, 1.165) is 32.3 Å². The Morgan fingerprint density at radius 3 is 2.30 bits per heavy atom. The second-order valence-corrected chi connectivity index (χ2v) is 19.5. The molecule has 1 saturated heterocycles. The van der Waals surface area contributed by atoms with Crippen molar-refractivity contribution in [3.8, 4) is 0 Å². The molecule has 218 valence electrons. The maximum atomic E-state index is 11.6. The van der Waals surface area contributed by atoms with Crippen LogP contribution in [0.3, 0.4) is 0 Å². The van der Waals surface area contributed by atoms with Crippen LogP contribution in [0.15, 0.2) is 0 Å². The number of hydrogen-bond donors (Lipinski definition) is 1. The molecule has 1 N–H and O–H groups in total. The molecule has 1 aliphatic heterocycles. The summed E-state index contributed by atoms with van der Waals surface area (Å²) in [6.07, 6.45) is 5.42. The first-order chi connectivity index (χ1) is 16.9. The first kappa shape index (κ1) is 32.7. The van der Waals surface area contributed by atoms with E-state index >= 15 is 0 Å². The largest absolute Gasteiger partial charge is 0.481 e. The van der Waals surface area contributed by atoms with Crippen LogP contribution in [0.4, 0.5) is 0 Å². The lowest BCUT2D eigenvalue weighted by Crippen LogP contribution is -2.55. The summed E-state index contributed by atoms with van der Waals surface area (Å²) in [4.78, 5) is 11.6. The highest BCUT2D eigenvalue weighted by atomic mass is 28.4. The van der Waals surface area contributed by atoms with E-state index in [4.69, 9.17) is 18.6 Å². The van der Waals surface area contributed by atoms with Crippen molar-refractivity contribution in [1.29, 1.82) is 0 Å². The number of aliphatic carboxylic acids is 1. The minimum absolute atomic E-state index is 0.00418. The lowest BCUT2D eigenvalue weighted by Gasteiger charge is -2.52. The van der Waals surface area contributed by atoms with Crippen LogP contribution in [0.25, 0.3) is 0 Å². The van der Waals surface area contributed by atoms with Crippen molar-refractivity contribution in [2.24, 2.45) is 23.2 Å². The van der Waals surface area contributed by atoms with Gasteiger partial charge in [-0.15, -0.1) is 0 Å². The summed E-state index contributed by atoms with van der Waals surface area (Å²) in [6, 6.07) is 0. The van der Waals surface area contributed by atoms with E-state index < -0.39 is 20.1 Å². The summed E-state index contributed by atoms with van der Waals surface area (Å²) in [6.45, 7) is 25.7. The van der Waals surface area contributed by atoms with Crippen LogP contribution in [-0.2, 0) is 23.4 Å². The SMILES string of the molecule is CC1CCC(C(C)C)C2(C1)OCCC(CC(OCCC(CC(=O)O)O[Si](C)(C)C(C)(C)C)C(C)(C)C)O2.